The van der Waals surface area contributed by atoms with Gasteiger partial charge in [0.2, 0.25) is 5.89 Å². The Bertz CT molecular complexity index is 964. The standard InChI is InChI=1S/C19H18N4O2/c1-11(2)23-15-8-7-12(9-14(15)21-22-23)19-20-18-13-5-3-4-6-16(13)24-10-17(18)25-19/h3-9,11,21-22H,10H2,1-2H3. The first-order valence-electron chi connectivity index (χ1n) is 8.38. The molecule has 0 unspecified atom stereocenters. The summed E-state index contributed by atoms with van der Waals surface area (Å²) in [4.78, 5) is 4.73. The highest BCUT2D eigenvalue weighted by Gasteiger charge is 2.25. The molecule has 2 aromatic carbocycles. The molecule has 0 aliphatic carbocycles. The largest absolute Gasteiger partial charge is 0.485 e. The number of benzene rings is 2. The Labute approximate surface area is 145 Å². The summed E-state index contributed by atoms with van der Waals surface area (Å²) < 4.78 is 11.7. The first-order chi connectivity index (χ1) is 12.2. The molecular formula is C19H18N4O2. The highest BCUT2D eigenvalue weighted by atomic mass is 16.5. The maximum atomic E-state index is 5.99. The summed E-state index contributed by atoms with van der Waals surface area (Å²) >= 11 is 0. The molecular weight excluding hydrogens is 316 g/mol. The van der Waals surface area contributed by atoms with Gasteiger partial charge < -0.3 is 14.6 Å². The molecule has 0 saturated heterocycles. The molecule has 0 spiro atoms. The first-order valence-corrected chi connectivity index (χ1v) is 8.38. The number of rotatable bonds is 2. The van der Waals surface area contributed by atoms with E-state index in [1.165, 1.54) is 0 Å². The van der Waals surface area contributed by atoms with Crippen LogP contribution in [0.3, 0.4) is 0 Å². The molecule has 2 aliphatic rings. The van der Waals surface area contributed by atoms with E-state index in [2.05, 4.69) is 41.9 Å². The van der Waals surface area contributed by atoms with E-state index in [9.17, 15) is 0 Å². The Kier molecular flexibility index (Phi) is 3.02. The Morgan fingerprint density at radius 1 is 1.16 bits per heavy atom. The number of ether oxygens (including phenoxy) is 1. The van der Waals surface area contributed by atoms with Crippen LogP contribution in [0, 0.1) is 0 Å². The predicted octanol–water partition coefficient (Wildman–Crippen LogP) is 3.96. The molecule has 1 aromatic heterocycles. The summed E-state index contributed by atoms with van der Waals surface area (Å²) in [5.41, 5.74) is 11.3. The molecule has 0 bridgehead atoms. The zero-order valence-corrected chi connectivity index (χ0v) is 14.0. The first kappa shape index (κ1) is 14.4. The van der Waals surface area contributed by atoms with Gasteiger partial charge in [0.15, 0.2) is 5.76 Å². The number of hydrazine groups is 2. The van der Waals surface area contributed by atoms with Crippen LogP contribution in [-0.2, 0) is 6.61 Å². The molecule has 0 fully saturated rings. The lowest BCUT2D eigenvalue weighted by molar-refractivity contribution is 0.267. The van der Waals surface area contributed by atoms with Crippen molar-refractivity contribution in [3.8, 4) is 28.5 Å². The molecule has 3 aromatic rings. The number of nitrogens with zero attached hydrogens (tertiary/aromatic N) is 2. The zero-order valence-electron chi connectivity index (χ0n) is 14.0. The molecule has 0 saturated carbocycles. The fourth-order valence-electron chi connectivity index (χ4n) is 3.28. The lowest BCUT2D eigenvalue weighted by atomic mass is 10.1. The highest BCUT2D eigenvalue weighted by Crippen LogP contribution is 2.40. The molecule has 3 heterocycles. The van der Waals surface area contributed by atoms with E-state index in [1.54, 1.807) is 0 Å². The second kappa shape index (κ2) is 5.26. The number of fused-ring (bicyclic) bond motifs is 4. The van der Waals surface area contributed by atoms with E-state index < -0.39 is 0 Å². The Balaban J connectivity index is 1.55. The lowest BCUT2D eigenvalue weighted by Crippen LogP contribution is -2.41. The molecule has 25 heavy (non-hydrogen) atoms. The van der Waals surface area contributed by atoms with Crippen LogP contribution in [0.2, 0.25) is 0 Å². The van der Waals surface area contributed by atoms with Crippen LogP contribution in [0.25, 0.3) is 22.7 Å². The van der Waals surface area contributed by atoms with Crippen molar-refractivity contribution in [3.05, 3.63) is 48.2 Å². The molecule has 2 aliphatic heterocycles. The second-order valence-corrected chi connectivity index (χ2v) is 6.51. The highest BCUT2D eigenvalue weighted by molar-refractivity contribution is 5.79. The number of nitrogens with one attached hydrogen (secondary N) is 2. The third-order valence-electron chi connectivity index (χ3n) is 4.53. The van der Waals surface area contributed by atoms with Gasteiger partial charge in [-0.25, -0.2) is 4.98 Å². The van der Waals surface area contributed by atoms with Crippen LogP contribution in [0.1, 0.15) is 19.6 Å². The summed E-state index contributed by atoms with van der Waals surface area (Å²) in [5, 5.41) is 2.09. The van der Waals surface area contributed by atoms with Gasteiger partial charge in [-0.2, -0.15) is 0 Å². The molecule has 0 amide bonds. The quantitative estimate of drug-likeness (QED) is 0.740. The van der Waals surface area contributed by atoms with Gasteiger partial charge in [0.05, 0.1) is 11.4 Å². The maximum Gasteiger partial charge on any atom is 0.227 e. The van der Waals surface area contributed by atoms with Gasteiger partial charge in [-0.15, -0.1) is 5.53 Å². The van der Waals surface area contributed by atoms with Gasteiger partial charge in [-0.05, 0) is 44.2 Å². The Morgan fingerprint density at radius 3 is 2.92 bits per heavy atom. The fourth-order valence-corrected chi connectivity index (χ4v) is 3.28. The number of anilines is 2. The summed E-state index contributed by atoms with van der Waals surface area (Å²) in [6, 6.07) is 14.4. The van der Waals surface area contributed by atoms with Gasteiger partial charge in [-0.3, -0.25) is 5.01 Å². The third-order valence-corrected chi connectivity index (χ3v) is 4.53. The summed E-state index contributed by atoms with van der Waals surface area (Å²) in [7, 11) is 0. The van der Waals surface area contributed by atoms with Crippen molar-refractivity contribution in [2.24, 2.45) is 0 Å². The smallest absolute Gasteiger partial charge is 0.227 e. The average molecular weight is 334 g/mol. The second-order valence-electron chi connectivity index (χ2n) is 6.51. The van der Waals surface area contributed by atoms with Gasteiger partial charge in [-0.1, -0.05) is 12.1 Å². The molecule has 0 atom stereocenters. The Morgan fingerprint density at radius 2 is 2.04 bits per heavy atom. The van der Waals surface area contributed by atoms with Crippen LogP contribution in [0.15, 0.2) is 46.9 Å². The normalized spacial score (nSPS) is 14.6. The number of hydrogen-bond acceptors (Lipinski definition) is 6. The van der Waals surface area contributed by atoms with Gasteiger partial charge in [0.1, 0.15) is 18.1 Å². The lowest BCUT2D eigenvalue weighted by Gasteiger charge is -2.21. The van der Waals surface area contributed by atoms with Crippen molar-refractivity contribution < 1.29 is 9.15 Å². The molecule has 6 nitrogen and oxygen atoms in total. The number of hydrogen-bond donors (Lipinski definition) is 2. The van der Waals surface area contributed by atoms with Gasteiger partial charge in [0, 0.05) is 17.2 Å². The van der Waals surface area contributed by atoms with Crippen molar-refractivity contribution in [1.29, 1.82) is 0 Å². The summed E-state index contributed by atoms with van der Waals surface area (Å²) in [6.45, 7) is 4.68. The van der Waals surface area contributed by atoms with E-state index in [-0.39, 0.29) is 0 Å². The molecule has 2 N–H and O–H groups in total. The van der Waals surface area contributed by atoms with E-state index in [1.807, 2.05) is 30.3 Å². The minimum atomic E-state index is 0.349. The SMILES string of the molecule is CC(C)N1NNc2cc(-c3nc4c(o3)COc3ccccc3-4)ccc21. The summed E-state index contributed by atoms with van der Waals surface area (Å²) in [6.07, 6.45) is 0. The van der Waals surface area contributed by atoms with E-state index in [4.69, 9.17) is 14.1 Å². The van der Waals surface area contributed by atoms with Crippen molar-refractivity contribution >= 4 is 11.4 Å². The van der Waals surface area contributed by atoms with Crippen molar-refractivity contribution in [2.75, 3.05) is 10.4 Å². The number of para-hydroxylation sites is 1. The molecule has 126 valence electrons. The Hall–Kier alpha value is -2.99. The van der Waals surface area contributed by atoms with Crippen molar-refractivity contribution in [3.63, 3.8) is 0 Å². The molecule has 0 radical (unpaired) electrons. The molecule has 5 rings (SSSR count). The third kappa shape index (κ3) is 2.18. The van der Waals surface area contributed by atoms with Crippen molar-refractivity contribution in [1.82, 2.24) is 10.5 Å². The van der Waals surface area contributed by atoms with Crippen molar-refractivity contribution in [2.45, 2.75) is 26.5 Å². The molecule has 6 heteroatoms. The maximum absolute atomic E-state index is 5.99. The van der Waals surface area contributed by atoms with Crippen LogP contribution < -0.4 is 20.7 Å². The van der Waals surface area contributed by atoms with E-state index in [0.29, 0.717) is 18.5 Å². The monoisotopic (exact) mass is 334 g/mol. The fraction of sp³-hybridized carbons (Fsp3) is 0.211. The number of oxazole rings is 1. The predicted molar refractivity (Wildman–Crippen MR) is 96.1 cm³/mol. The van der Waals surface area contributed by atoms with Crippen LogP contribution >= 0.6 is 0 Å². The van der Waals surface area contributed by atoms with E-state index in [0.717, 1.165) is 39.7 Å². The topological polar surface area (TPSA) is 62.6 Å². The van der Waals surface area contributed by atoms with Crippen LogP contribution in [-0.4, -0.2) is 11.0 Å². The average Bonchev–Trinajstić information content (AvgIpc) is 3.25. The van der Waals surface area contributed by atoms with E-state index >= 15 is 0 Å². The number of aromatic nitrogens is 1. The van der Waals surface area contributed by atoms with Crippen LogP contribution in [0.5, 0.6) is 5.75 Å². The minimum absolute atomic E-state index is 0.349. The minimum Gasteiger partial charge on any atom is -0.485 e. The van der Waals surface area contributed by atoms with Crippen LogP contribution in [0.4, 0.5) is 11.4 Å². The van der Waals surface area contributed by atoms with Gasteiger partial charge >= 0.3 is 0 Å². The zero-order chi connectivity index (χ0) is 17.0. The summed E-state index contributed by atoms with van der Waals surface area (Å²) in [5.74, 6) is 2.23. The van der Waals surface area contributed by atoms with Gasteiger partial charge in [0.25, 0.3) is 0 Å².